The Labute approximate surface area is 210 Å². The second-order valence-corrected chi connectivity index (χ2v) is 8.87. The number of para-hydroxylation sites is 1. The molecule has 0 aliphatic carbocycles. The molecule has 0 aliphatic heterocycles. The van der Waals surface area contributed by atoms with E-state index in [1.807, 2.05) is 44.2 Å². The van der Waals surface area contributed by atoms with E-state index < -0.39 is 0 Å². The third kappa shape index (κ3) is 8.60. The number of aliphatic hydroxyl groups is 2. The van der Waals surface area contributed by atoms with Crippen LogP contribution in [-0.2, 0) is 14.2 Å². The van der Waals surface area contributed by atoms with E-state index in [0.717, 1.165) is 32.7 Å². The molecule has 0 saturated heterocycles. The SMILES string of the molecule is Cc1cc(N(CCOCCO)CCOCCOCCO)ccc1/N=N/c1nc2c(C)cccc2s1. The van der Waals surface area contributed by atoms with Crippen LogP contribution in [0, 0.1) is 13.8 Å². The first-order chi connectivity index (χ1) is 17.1. The zero-order chi connectivity index (χ0) is 24.9. The molecule has 3 aromatic rings. The molecule has 0 unspecified atom stereocenters. The topological polar surface area (TPSA) is 109 Å². The highest BCUT2D eigenvalue weighted by molar-refractivity contribution is 7.21. The number of hydrogen-bond donors (Lipinski definition) is 2. The van der Waals surface area contributed by atoms with Crippen LogP contribution >= 0.6 is 11.3 Å². The Balaban J connectivity index is 1.63. The molecule has 0 aliphatic rings. The van der Waals surface area contributed by atoms with Gasteiger partial charge in [-0.2, -0.15) is 0 Å². The summed E-state index contributed by atoms with van der Waals surface area (Å²) in [4.78, 5) is 6.78. The third-order valence-electron chi connectivity index (χ3n) is 5.25. The van der Waals surface area contributed by atoms with Gasteiger partial charge in [0, 0.05) is 18.8 Å². The van der Waals surface area contributed by atoms with Crippen molar-refractivity contribution in [3.8, 4) is 0 Å². The molecular weight excluding hydrogens is 468 g/mol. The number of azo groups is 1. The molecule has 0 spiro atoms. The Kier molecular flexibility index (Phi) is 11.5. The molecule has 0 radical (unpaired) electrons. The Hall–Kier alpha value is -2.47. The Morgan fingerprint density at radius 3 is 2.17 bits per heavy atom. The molecular formula is C25H34N4O5S. The summed E-state index contributed by atoms with van der Waals surface area (Å²) in [6.45, 7) is 7.99. The highest BCUT2D eigenvalue weighted by Gasteiger charge is 2.10. The van der Waals surface area contributed by atoms with Crippen LogP contribution in [0.3, 0.4) is 0 Å². The maximum absolute atomic E-state index is 8.96. The maximum Gasteiger partial charge on any atom is 0.231 e. The lowest BCUT2D eigenvalue weighted by molar-refractivity contribution is 0.0347. The van der Waals surface area contributed by atoms with Crippen LogP contribution in [0.4, 0.5) is 16.5 Å². The van der Waals surface area contributed by atoms with Crippen LogP contribution in [0.2, 0.25) is 0 Å². The first kappa shape index (κ1) is 27.1. The van der Waals surface area contributed by atoms with Crippen molar-refractivity contribution in [1.82, 2.24) is 4.98 Å². The maximum atomic E-state index is 8.96. The highest BCUT2D eigenvalue weighted by Crippen LogP contribution is 2.32. The van der Waals surface area contributed by atoms with Gasteiger partial charge in [0.1, 0.15) is 0 Å². The summed E-state index contributed by atoms with van der Waals surface area (Å²) in [6, 6.07) is 12.2. The van der Waals surface area contributed by atoms with E-state index in [1.165, 1.54) is 11.3 Å². The van der Waals surface area contributed by atoms with E-state index in [-0.39, 0.29) is 13.2 Å². The van der Waals surface area contributed by atoms with Crippen molar-refractivity contribution < 1.29 is 24.4 Å². The fourth-order valence-corrected chi connectivity index (χ4v) is 4.30. The van der Waals surface area contributed by atoms with Gasteiger partial charge in [0.25, 0.3) is 0 Å². The Morgan fingerprint density at radius 2 is 1.51 bits per heavy atom. The lowest BCUT2D eigenvalue weighted by atomic mass is 10.1. The van der Waals surface area contributed by atoms with E-state index in [2.05, 4.69) is 26.2 Å². The standard InChI is InChI=1S/C25H34N4O5S/c1-19-4-3-5-23-24(19)26-25(35-23)28-27-22-7-6-21(18-20(22)2)29(8-12-32-14-10-30)9-13-33-16-17-34-15-11-31/h3-7,18,30-31H,8-17H2,1-2H3/b28-27+. The number of thiazole rings is 1. The fourth-order valence-electron chi connectivity index (χ4n) is 3.44. The number of rotatable bonds is 16. The number of benzene rings is 2. The fraction of sp³-hybridized carbons (Fsp3) is 0.480. The van der Waals surface area contributed by atoms with Crippen LogP contribution in [0.5, 0.6) is 0 Å². The number of hydrogen-bond acceptors (Lipinski definition) is 10. The minimum Gasteiger partial charge on any atom is -0.394 e. The van der Waals surface area contributed by atoms with Crippen molar-refractivity contribution in [3.63, 3.8) is 0 Å². The number of aliphatic hydroxyl groups excluding tert-OH is 2. The summed E-state index contributed by atoms with van der Waals surface area (Å²) in [7, 11) is 0. The van der Waals surface area contributed by atoms with Gasteiger partial charge in [-0.3, -0.25) is 0 Å². The molecule has 35 heavy (non-hydrogen) atoms. The lowest BCUT2D eigenvalue weighted by Gasteiger charge is -2.25. The molecule has 0 saturated carbocycles. The smallest absolute Gasteiger partial charge is 0.231 e. The van der Waals surface area contributed by atoms with Gasteiger partial charge in [-0.1, -0.05) is 23.5 Å². The molecule has 9 nitrogen and oxygen atoms in total. The van der Waals surface area contributed by atoms with Crippen LogP contribution in [0.15, 0.2) is 46.6 Å². The van der Waals surface area contributed by atoms with E-state index in [9.17, 15) is 0 Å². The van der Waals surface area contributed by atoms with Gasteiger partial charge in [0.15, 0.2) is 0 Å². The molecule has 2 N–H and O–H groups in total. The van der Waals surface area contributed by atoms with Gasteiger partial charge in [-0.25, -0.2) is 4.98 Å². The monoisotopic (exact) mass is 502 g/mol. The van der Waals surface area contributed by atoms with E-state index in [1.54, 1.807) is 0 Å². The van der Waals surface area contributed by atoms with Crippen LogP contribution in [0.25, 0.3) is 10.2 Å². The number of ether oxygens (including phenoxy) is 3. The van der Waals surface area contributed by atoms with E-state index in [0.29, 0.717) is 57.9 Å². The normalized spacial score (nSPS) is 11.7. The first-order valence-corrected chi connectivity index (χ1v) is 12.5. The van der Waals surface area contributed by atoms with Crippen LogP contribution < -0.4 is 4.90 Å². The minimum atomic E-state index is 0.00396. The number of anilines is 1. The summed E-state index contributed by atoms with van der Waals surface area (Å²) in [5.41, 5.74) is 4.93. The van der Waals surface area contributed by atoms with Gasteiger partial charge < -0.3 is 29.3 Å². The second-order valence-electron chi connectivity index (χ2n) is 7.86. The minimum absolute atomic E-state index is 0.00396. The molecule has 0 amide bonds. The second kappa shape index (κ2) is 14.8. The summed E-state index contributed by atoms with van der Waals surface area (Å²) >= 11 is 1.53. The van der Waals surface area contributed by atoms with Crippen molar-refractivity contribution >= 4 is 38.1 Å². The lowest BCUT2D eigenvalue weighted by Crippen LogP contribution is -2.31. The average molecular weight is 503 g/mol. The van der Waals surface area contributed by atoms with Crippen molar-refractivity contribution in [2.45, 2.75) is 13.8 Å². The Bertz CT molecular complexity index is 1080. The summed E-state index contributed by atoms with van der Waals surface area (Å²) < 4.78 is 17.5. The van der Waals surface area contributed by atoms with Crippen molar-refractivity contribution in [2.24, 2.45) is 10.2 Å². The predicted octanol–water partition coefficient (Wildman–Crippen LogP) is 4.17. The predicted molar refractivity (Wildman–Crippen MR) is 139 cm³/mol. The molecule has 1 aromatic heterocycles. The van der Waals surface area contributed by atoms with Crippen LogP contribution in [-0.4, -0.2) is 81.1 Å². The van der Waals surface area contributed by atoms with Crippen molar-refractivity contribution in [2.75, 3.05) is 70.8 Å². The zero-order valence-electron chi connectivity index (χ0n) is 20.4. The summed E-state index contributed by atoms with van der Waals surface area (Å²) in [6.07, 6.45) is 0. The van der Waals surface area contributed by atoms with E-state index in [4.69, 9.17) is 24.4 Å². The molecule has 190 valence electrons. The van der Waals surface area contributed by atoms with Gasteiger partial charge >= 0.3 is 0 Å². The number of aryl methyl sites for hydroxylation is 2. The molecule has 1 heterocycles. The number of fused-ring (bicyclic) bond motifs is 1. The molecule has 3 rings (SSSR count). The molecule has 0 fully saturated rings. The average Bonchev–Trinajstić information content (AvgIpc) is 3.28. The quantitative estimate of drug-likeness (QED) is 0.223. The van der Waals surface area contributed by atoms with Gasteiger partial charge in [-0.05, 0) is 49.2 Å². The third-order valence-corrected chi connectivity index (χ3v) is 6.16. The molecule has 10 heteroatoms. The first-order valence-electron chi connectivity index (χ1n) is 11.7. The van der Waals surface area contributed by atoms with Crippen LogP contribution in [0.1, 0.15) is 11.1 Å². The highest BCUT2D eigenvalue weighted by atomic mass is 32.1. The van der Waals surface area contributed by atoms with Gasteiger partial charge in [0.05, 0.1) is 68.8 Å². The van der Waals surface area contributed by atoms with E-state index >= 15 is 0 Å². The molecule has 0 bridgehead atoms. The summed E-state index contributed by atoms with van der Waals surface area (Å²) in [5, 5.41) is 27.2. The molecule has 2 aromatic carbocycles. The summed E-state index contributed by atoms with van der Waals surface area (Å²) in [5.74, 6) is 0. The zero-order valence-corrected chi connectivity index (χ0v) is 21.2. The number of nitrogens with zero attached hydrogens (tertiary/aromatic N) is 4. The largest absolute Gasteiger partial charge is 0.394 e. The molecule has 0 atom stereocenters. The Morgan fingerprint density at radius 1 is 0.829 bits per heavy atom. The number of aromatic nitrogens is 1. The van der Waals surface area contributed by atoms with Gasteiger partial charge in [0.2, 0.25) is 5.13 Å². The van der Waals surface area contributed by atoms with Gasteiger partial charge in [-0.15, -0.1) is 10.2 Å². The van der Waals surface area contributed by atoms with Crippen molar-refractivity contribution in [3.05, 3.63) is 47.5 Å². The van der Waals surface area contributed by atoms with Crippen molar-refractivity contribution in [1.29, 1.82) is 0 Å².